The van der Waals surface area contributed by atoms with Crippen LogP contribution in [0.25, 0.3) is 0 Å². The smallest absolute Gasteiger partial charge is 0.255 e. The van der Waals surface area contributed by atoms with Gasteiger partial charge in [0.25, 0.3) is 5.91 Å². The fraction of sp³-hybridized carbons (Fsp3) is 0.643. The quantitative estimate of drug-likeness (QED) is 0.797. The maximum absolute atomic E-state index is 12.4. The molecule has 2 heterocycles. The van der Waals surface area contributed by atoms with E-state index >= 15 is 0 Å². The van der Waals surface area contributed by atoms with Crippen LogP contribution in [0.2, 0.25) is 0 Å². The Morgan fingerprint density at radius 3 is 2.82 bits per heavy atom. The van der Waals surface area contributed by atoms with E-state index < -0.39 is 0 Å². The molecule has 0 spiro atoms. The molecule has 3 heteroatoms. The molecule has 0 radical (unpaired) electrons. The molecule has 2 atom stereocenters. The van der Waals surface area contributed by atoms with Crippen LogP contribution in [-0.2, 0) is 0 Å². The number of nitrogens with one attached hydrogen (secondary N) is 1. The summed E-state index contributed by atoms with van der Waals surface area (Å²) in [6, 6.07) is 1.89. The Balaban J connectivity index is 2.12. The SMILES string of the molecule is Cc1[nH]ccc1C(=O)N1CC[C@@H](C)C[C@@H](C)C1. The van der Waals surface area contributed by atoms with E-state index in [0.717, 1.165) is 36.7 Å². The number of hydrogen-bond acceptors (Lipinski definition) is 1. The molecular weight excluding hydrogens is 212 g/mol. The molecule has 1 aromatic heterocycles. The second-order valence-electron chi connectivity index (χ2n) is 5.50. The predicted octanol–water partition coefficient (Wildman–Crippen LogP) is 2.83. The number of nitrogens with zero attached hydrogens (tertiary/aromatic N) is 1. The summed E-state index contributed by atoms with van der Waals surface area (Å²) >= 11 is 0. The van der Waals surface area contributed by atoms with Crippen LogP contribution < -0.4 is 0 Å². The Hall–Kier alpha value is -1.25. The number of amides is 1. The minimum atomic E-state index is 0.185. The zero-order chi connectivity index (χ0) is 12.4. The molecule has 0 saturated carbocycles. The zero-order valence-corrected chi connectivity index (χ0v) is 11.0. The fourth-order valence-corrected chi connectivity index (χ4v) is 2.76. The summed E-state index contributed by atoms with van der Waals surface area (Å²) < 4.78 is 0. The summed E-state index contributed by atoms with van der Waals surface area (Å²) in [4.78, 5) is 17.5. The first-order chi connectivity index (χ1) is 8.08. The van der Waals surface area contributed by atoms with E-state index in [1.165, 1.54) is 6.42 Å². The number of aryl methyl sites for hydroxylation is 1. The normalized spacial score (nSPS) is 25.7. The molecule has 1 fully saturated rings. The van der Waals surface area contributed by atoms with Crippen molar-refractivity contribution in [3.63, 3.8) is 0 Å². The Labute approximate surface area is 103 Å². The van der Waals surface area contributed by atoms with Gasteiger partial charge in [-0.3, -0.25) is 4.79 Å². The number of aromatic nitrogens is 1. The van der Waals surface area contributed by atoms with Gasteiger partial charge in [-0.1, -0.05) is 13.8 Å². The van der Waals surface area contributed by atoms with Gasteiger partial charge in [-0.05, 0) is 37.7 Å². The van der Waals surface area contributed by atoms with E-state index in [0.29, 0.717) is 5.92 Å². The van der Waals surface area contributed by atoms with E-state index in [4.69, 9.17) is 0 Å². The lowest BCUT2D eigenvalue weighted by Crippen LogP contribution is -2.34. The fourth-order valence-electron chi connectivity index (χ4n) is 2.76. The van der Waals surface area contributed by atoms with Crippen LogP contribution in [0.4, 0.5) is 0 Å². The van der Waals surface area contributed by atoms with Gasteiger partial charge in [-0.25, -0.2) is 0 Å². The lowest BCUT2D eigenvalue weighted by molar-refractivity contribution is 0.0744. The van der Waals surface area contributed by atoms with E-state index in [1.54, 1.807) is 0 Å². The van der Waals surface area contributed by atoms with Crippen LogP contribution in [0, 0.1) is 18.8 Å². The van der Waals surface area contributed by atoms with Crippen molar-refractivity contribution in [3.05, 3.63) is 23.5 Å². The van der Waals surface area contributed by atoms with Gasteiger partial charge in [-0.2, -0.15) is 0 Å². The van der Waals surface area contributed by atoms with Crippen molar-refractivity contribution < 1.29 is 4.79 Å². The average Bonchev–Trinajstić information content (AvgIpc) is 2.61. The molecular formula is C14H22N2O. The molecule has 1 aliphatic heterocycles. The van der Waals surface area contributed by atoms with Crippen LogP contribution in [0.1, 0.15) is 42.7 Å². The highest BCUT2D eigenvalue weighted by molar-refractivity contribution is 5.95. The molecule has 0 aromatic carbocycles. The molecule has 94 valence electrons. The van der Waals surface area contributed by atoms with Gasteiger partial charge in [0, 0.05) is 25.0 Å². The maximum Gasteiger partial charge on any atom is 0.255 e. The predicted molar refractivity (Wildman–Crippen MR) is 69.0 cm³/mol. The van der Waals surface area contributed by atoms with Crippen molar-refractivity contribution in [3.8, 4) is 0 Å². The summed E-state index contributed by atoms with van der Waals surface area (Å²) in [5, 5.41) is 0. The van der Waals surface area contributed by atoms with Crippen molar-refractivity contribution in [2.75, 3.05) is 13.1 Å². The summed E-state index contributed by atoms with van der Waals surface area (Å²) in [5.74, 6) is 1.52. The summed E-state index contributed by atoms with van der Waals surface area (Å²) in [6.07, 6.45) is 4.20. The monoisotopic (exact) mass is 234 g/mol. The van der Waals surface area contributed by atoms with Gasteiger partial charge < -0.3 is 9.88 Å². The highest BCUT2D eigenvalue weighted by Crippen LogP contribution is 2.22. The lowest BCUT2D eigenvalue weighted by Gasteiger charge is -2.22. The Kier molecular flexibility index (Phi) is 3.55. The number of aromatic amines is 1. The van der Waals surface area contributed by atoms with Gasteiger partial charge in [0.05, 0.1) is 5.56 Å². The van der Waals surface area contributed by atoms with Crippen molar-refractivity contribution >= 4 is 5.91 Å². The molecule has 1 saturated heterocycles. The standard InChI is InChI=1S/C14H22N2O/c1-10-5-7-16(9-11(2)8-10)14(17)13-4-6-15-12(13)3/h4,6,10-11,15H,5,7-9H2,1-3H3/t10-,11-/m1/s1. The number of rotatable bonds is 1. The molecule has 0 bridgehead atoms. The second kappa shape index (κ2) is 4.94. The minimum absolute atomic E-state index is 0.185. The van der Waals surface area contributed by atoms with Crippen LogP contribution in [0.15, 0.2) is 12.3 Å². The third-order valence-electron chi connectivity index (χ3n) is 3.70. The third-order valence-corrected chi connectivity index (χ3v) is 3.70. The van der Waals surface area contributed by atoms with E-state index in [2.05, 4.69) is 18.8 Å². The molecule has 0 unspecified atom stereocenters. The second-order valence-corrected chi connectivity index (χ2v) is 5.50. The van der Waals surface area contributed by atoms with Gasteiger partial charge in [0.2, 0.25) is 0 Å². The number of H-pyrrole nitrogens is 1. The van der Waals surface area contributed by atoms with Crippen LogP contribution in [0.5, 0.6) is 0 Å². The lowest BCUT2D eigenvalue weighted by atomic mass is 9.97. The van der Waals surface area contributed by atoms with Crippen LogP contribution >= 0.6 is 0 Å². The highest BCUT2D eigenvalue weighted by Gasteiger charge is 2.24. The van der Waals surface area contributed by atoms with Crippen molar-refractivity contribution in [2.45, 2.75) is 33.6 Å². The summed E-state index contributed by atoms with van der Waals surface area (Å²) in [7, 11) is 0. The Morgan fingerprint density at radius 1 is 1.41 bits per heavy atom. The van der Waals surface area contributed by atoms with Gasteiger partial charge in [0.15, 0.2) is 0 Å². The number of carbonyl (C=O) groups excluding carboxylic acids is 1. The highest BCUT2D eigenvalue weighted by atomic mass is 16.2. The average molecular weight is 234 g/mol. The van der Waals surface area contributed by atoms with E-state index in [1.807, 2.05) is 24.1 Å². The molecule has 2 rings (SSSR count). The largest absolute Gasteiger partial charge is 0.365 e. The van der Waals surface area contributed by atoms with Gasteiger partial charge in [-0.15, -0.1) is 0 Å². The Morgan fingerprint density at radius 2 is 2.18 bits per heavy atom. The molecule has 1 aromatic rings. The maximum atomic E-state index is 12.4. The van der Waals surface area contributed by atoms with Gasteiger partial charge >= 0.3 is 0 Å². The van der Waals surface area contributed by atoms with Crippen LogP contribution in [-0.4, -0.2) is 28.9 Å². The van der Waals surface area contributed by atoms with Crippen molar-refractivity contribution in [1.29, 1.82) is 0 Å². The molecule has 3 nitrogen and oxygen atoms in total. The molecule has 1 amide bonds. The van der Waals surface area contributed by atoms with Crippen molar-refractivity contribution in [2.24, 2.45) is 11.8 Å². The first-order valence-corrected chi connectivity index (χ1v) is 6.51. The Bertz CT molecular complexity index is 397. The molecule has 17 heavy (non-hydrogen) atoms. The number of hydrogen-bond donors (Lipinski definition) is 1. The third kappa shape index (κ3) is 2.71. The number of likely N-dealkylation sites (tertiary alicyclic amines) is 1. The minimum Gasteiger partial charge on any atom is -0.365 e. The van der Waals surface area contributed by atoms with Crippen molar-refractivity contribution in [1.82, 2.24) is 9.88 Å². The zero-order valence-electron chi connectivity index (χ0n) is 11.0. The first-order valence-electron chi connectivity index (χ1n) is 6.51. The first kappa shape index (κ1) is 12.2. The topological polar surface area (TPSA) is 36.1 Å². The summed E-state index contributed by atoms with van der Waals surface area (Å²) in [5.41, 5.74) is 1.80. The van der Waals surface area contributed by atoms with E-state index in [9.17, 15) is 4.79 Å². The van der Waals surface area contributed by atoms with Gasteiger partial charge in [0.1, 0.15) is 0 Å². The summed E-state index contributed by atoms with van der Waals surface area (Å²) in [6.45, 7) is 8.28. The van der Waals surface area contributed by atoms with E-state index in [-0.39, 0.29) is 5.91 Å². The van der Waals surface area contributed by atoms with Crippen LogP contribution in [0.3, 0.4) is 0 Å². The molecule has 0 aliphatic carbocycles. The number of carbonyl (C=O) groups is 1. The molecule has 1 aliphatic rings. The molecule has 1 N–H and O–H groups in total.